The molecule has 0 aliphatic rings. The first-order valence-corrected chi connectivity index (χ1v) is 3.58. The molecule has 0 rings (SSSR count). The van der Waals surface area contributed by atoms with Gasteiger partial charge in [0.25, 0.3) is 0 Å². The van der Waals surface area contributed by atoms with Crippen LogP contribution >= 0.6 is 0 Å². The van der Waals surface area contributed by atoms with Crippen LogP contribution in [0.15, 0.2) is 24.5 Å². The van der Waals surface area contributed by atoms with Gasteiger partial charge in [-0.05, 0) is 12.0 Å². The van der Waals surface area contributed by atoms with Gasteiger partial charge in [0.2, 0.25) is 0 Å². The van der Waals surface area contributed by atoms with Gasteiger partial charge in [-0.1, -0.05) is 19.9 Å². The van der Waals surface area contributed by atoms with E-state index in [1.807, 2.05) is 19.9 Å². The van der Waals surface area contributed by atoms with Crippen molar-refractivity contribution in [3.8, 4) is 0 Å². The molecule has 0 radical (unpaired) electrons. The quantitative estimate of drug-likeness (QED) is 0.457. The second kappa shape index (κ2) is 5.71. The van der Waals surface area contributed by atoms with Crippen molar-refractivity contribution in [2.75, 3.05) is 7.11 Å². The van der Waals surface area contributed by atoms with Crippen LogP contribution in [0.5, 0.6) is 0 Å². The summed E-state index contributed by atoms with van der Waals surface area (Å²) < 4.78 is 4.58. The number of hydrogen-bond acceptors (Lipinski definition) is 2. The van der Waals surface area contributed by atoms with E-state index in [0.29, 0.717) is 5.92 Å². The number of ether oxygens (including phenoxy) is 1. The average Bonchev–Trinajstić information content (AvgIpc) is 1.97. The van der Waals surface area contributed by atoms with E-state index in [0.717, 1.165) is 0 Å². The monoisotopic (exact) mass is 154 g/mol. The molecule has 0 atom stereocenters. The molecule has 2 heteroatoms. The molecule has 0 aromatic heterocycles. The highest BCUT2D eigenvalue weighted by Gasteiger charge is 1.88. The summed E-state index contributed by atoms with van der Waals surface area (Å²) in [4.78, 5) is 10.9. The van der Waals surface area contributed by atoms with E-state index in [2.05, 4.69) is 4.74 Å². The van der Waals surface area contributed by atoms with Crippen LogP contribution in [-0.2, 0) is 9.53 Å². The zero-order valence-corrected chi connectivity index (χ0v) is 7.20. The summed E-state index contributed by atoms with van der Waals surface area (Å²) in [5.41, 5.74) is 0. The number of hydrogen-bond donors (Lipinski definition) is 0. The number of allylic oxidation sites excluding steroid dienone is 3. The Morgan fingerprint density at radius 2 is 2.00 bits per heavy atom. The predicted octanol–water partition coefficient (Wildman–Crippen LogP) is 1.93. The zero-order valence-electron chi connectivity index (χ0n) is 7.20. The Balaban J connectivity index is 3.78. The summed E-state index contributed by atoms with van der Waals surface area (Å²) in [6, 6.07) is 0. The highest BCUT2D eigenvalue weighted by atomic mass is 16.5. The highest BCUT2D eigenvalue weighted by Crippen LogP contribution is 1.93. The third-order valence-electron chi connectivity index (χ3n) is 1.01. The fourth-order valence-corrected chi connectivity index (χ4v) is 0.478. The molecule has 0 aliphatic heterocycles. The molecule has 0 heterocycles. The molecule has 0 aromatic carbocycles. The van der Waals surface area contributed by atoms with E-state index in [-0.39, 0.29) is 5.78 Å². The Morgan fingerprint density at radius 3 is 2.45 bits per heavy atom. The maximum atomic E-state index is 10.9. The predicted molar refractivity (Wildman–Crippen MR) is 45.1 cm³/mol. The van der Waals surface area contributed by atoms with Gasteiger partial charge in [-0.2, -0.15) is 0 Å². The van der Waals surface area contributed by atoms with Crippen molar-refractivity contribution in [1.82, 2.24) is 0 Å². The second-order valence-corrected chi connectivity index (χ2v) is 2.54. The van der Waals surface area contributed by atoms with Crippen LogP contribution in [0, 0.1) is 5.92 Å². The van der Waals surface area contributed by atoms with Crippen LogP contribution in [0.3, 0.4) is 0 Å². The molecule has 0 aliphatic carbocycles. The van der Waals surface area contributed by atoms with Crippen molar-refractivity contribution in [3.63, 3.8) is 0 Å². The molecule has 11 heavy (non-hydrogen) atoms. The van der Waals surface area contributed by atoms with Crippen molar-refractivity contribution < 1.29 is 9.53 Å². The molecular formula is C9H14O2. The van der Waals surface area contributed by atoms with E-state index < -0.39 is 0 Å². The van der Waals surface area contributed by atoms with Gasteiger partial charge in [0, 0.05) is 6.08 Å². The van der Waals surface area contributed by atoms with Gasteiger partial charge in [-0.3, -0.25) is 4.79 Å². The van der Waals surface area contributed by atoms with E-state index >= 15 is 0 Å². The van der Waals surface area contributed by atoms with E-state index in [1.165, 1.54) is 19.4 Å². The van der Waals surface area contributed by atoms with Crippen LogP contribution in [-0.4, -0.2) is 12.9 Å². The molecule has 0 fully saturated rings. The Labute approximate surface area is 67.6 Å². The first-order chi connectivity index (χ1) is 5.16. The molecule has 2 nitrogen and oxygen atoms in total. The van der Waals surface area contributed by atoms with Crippen molar-refractivity contribution >= 4 is 5.78 Å². The SMILES string of the molecule is CO/C=C/C(=O)/C=C/C(C)C. The maximum absolute atomic E-state index is 10.9. The van der Waals surface area contributed by atoms with Gasteiger partial charge in [0.05, 0.1) is 13.4 Å². The molecule has 62 valence electrons. The molecule has 0 aromatic rings. The molecule has 0 unspecified atom stereocenters. The molecule has 0 spiro atoms. The van der Waals surface area contributed by atoms with Gasteiger partial charge < -0.3 is 4.74 Å². The first-order valence-electron chi connectivity index (χ1n) is 3.58. The van der Waals surface area contributed by atoms with Gasteiger partial charge in [-0.25, -0.2) is 0 Å². The summed E-state index contributed by atoms with van der Waals surface area (Å²) in [7, 11) is 1.51. The van der Waals surface area contributed by atoms with Crippen molar-refractivity contribution in [2.45, 2.75) is 13.8 Å². The Hall–Kier alpha value is -1.05. The van der Waals surface area contributed by atoms with Gasteiger partial charge in [-0.15, -0.1) is 0 Å². The summed E-state index contributed by atoms with van der Waals surface area (Å²) in [5.74, 6) is 0.371. The highest BCUT2D eigenvalue weighted by molar-refractivity contribution is 5.98. The maximum Gasteiger partial charge on any atom is 0.181 e. The number of carbonyl (C=O) groups excluding carboxylic acids is 1. The third-order valence-corrected chi connectivity index (χ3v) is 1.01. The Kier molecular flexibility index (Phi) is 5.17. The molecule has 0 N–H and O–H groups in total. The summed E-state index contributed by atoms with van der Waals surface area (Å²) >= 11 is 0. The largest absolute Gasteiger partial charge is 0.504 e. The van der Waals surface area contributed by atoms with E-state index in [4.69, 9.17) is 0 Å². The molecule has 0 amide bonds. The fraction of sp³-hybridized carbons (Fsp3) is 0.444. The number of methoxy groups -OCH3 is 1. The zero-order chi connectivity index (χ0) is 8.69. The van der Waals surface area contributed by atoms with E-state index in [9.17, 15) is 4.79 Å². The van der Waals surface area contributed by atoms with Crippen LogP contribution in [0.2, 0.25) is 0 Å². The van der Waals surface area contributed by atoms with Crippen molar-refractivity contribution in [3.05, 3.63) is 24.5 Å². The van der Waals surface area contributed by atoms with E-state index in [1.54, 1.807) is 6.08 Å². The standard InChI is InChI=1S/C9H14O2/c1-8(2)4-5-9(10)6-7-11-3/h4-8H,1-3H3/b5-4+,7-6+. The summed E-state index contributed by atoms with van der Waals surface area (Å²) in [6.45, 7) is 4.04. The lowest BCUT2D eigenvalue weighted by atomic mass is 10.2. The minimum atomic E-state index is -0.0412. The molecule has 0 saturated carbocycles. The second-order valence-electron chi connectivity index (χ2n) is 2.54. The Morgan fingerprint density at radius 1 is 1.36 bits per heavy atom. The number of rotatable bonds is 4. The average molecular weight is 154 g/mol. The van der Waals surface area contributed by atoms with Crippen LogP contribution in [0.1, 0.15) is 13.8 Å². The minimum absolute atomic E-state index is 0.0412. The van der Waals surface area contributed by atoms with Crippen LogP contribution in [0.25, 0.3) is 0 Å². The number of carbonyl (C=O) groups is 1. The first kappa shape index (κ1) is 9.95. The number of ketones is 1. The summed E-state index contributed by atoms with van der Waals surface area (Å²) in [6.07, 6.45) is 6.15. The van der Waals surface area contributed by atoms with Gasteiger partial charge >= 0.3 is 0 Å². The lowest BCUT2D eigenvalue weighted by Gasteiger charge is -1.90. The topological polar surface area (TPSA) is 26.3 Å². The van der Waals surface area contributed by atoms with Crippen molar-refractivity contribution in [1.29, 1.82) is 0 Å². The molecule has 0 saturated heterocycles. The van der Waals surface area contributed by atoms with Gasteiger partial charge in [0.15, 0.2) is 5.78 Å². The summed E-state index contributed by atoms with van der Waals surface area (Å²) in [5, 5.41) is 0. The minimum Gasteiger partial charge on any atom is -0.504 e. The lowest BCUT2D eigenvalue weighted by molar-refractivity contribution is -0.110. The lowest BCUT2D eigenvalue weighted by Crippen LogP contribution is -1.87. The molecular weight excluding hydrogens is 140 g/mol. The molecule has 0 bridgehead atoms. The van der Waals surface area contributed by atoms with Gasteiger partial charge in [0.1, 0.15) is 0 Å². The van der Waals surface area contributed by atoms with Crippen LogP contribution < -0.4 is 0 Å². The normalized spacial score (nSPS) is 11.6. The smallest absolute Gasteiger partial charge is 0.181 e. The van der Waals surface area contributed by atoms with Crippen molar-refractivity contribution in [2.24, 2.45) is 5.92 Å². The van der Waals surface area contributed by atoms with Crippen LogP contribution in [0.4, 0.5) is 0 Å². The Bertz CT molecular complexity index is 166. The third kappa shape index (κ3) is 6.84. The fourth-order valence-electron chi connectivity index (χ4n) is 0.478.